The van der Waals surface area contributed by atoms with Crippen molar-refractivity contribution < 1.29 is 13.2 Å². The van der Waals surface area contributed by atoms with Crippen molar-refractivity contribution in [1.82, 2.24) is 14.3 Å². The molecular formula is C21H26N4O4S. The summed E-state index contributed by atoms with van der Waals surface area (Å²) >= 11 is 0. The molecule has 2 aliphatic heterocycles. The van der Waals surface area contributed by atoms with Crippen molar-refractivity contribution in [2.75, 3.05) is 44.3 Å². The number of sulfonamides is 1. The Hall–Kier alpha value is -2.23. The van der Waals surface area contributed by atoms with E-state index >= 15 is 0 Å². The Morgan fingerprint density at radius 2 is 1.73 bits per heavy atom. The maximum absolute atomic E-state index is 13.3. The molecule has 1 aromatic carbocycles. The summed E-state index contributed by atoms with van der Waals surface area (Å²) in [7, 11) is -3.60. The van der Waals surface area contributed by atoms with Crippen LogP contribution in [0.25, 0.3) is 0 Å². The van der Waals surface area contributed by atoms with Gasteiger partial charge in [-0.25, -0.2) is 13.4 Å². The van der Waals surface area contributed by atoms with Gasteiger partial charge in [-0.15, -0.1) is 0 Å². The topological polar surface area (TPSA) is 95.6 Å². The molecule has 5 rings (SSSR count). The summed E-state index contributed by atoms with van der Waals surface area (Å²) < 4.78 is 33.4. The van der Waals surface area contributed by atoms with E-state index in [0.29, 0.717) is 67.8 Å². The van der Waals surface area contributed by atoms with Gasteiger partial charge in [-0.3, -0.25) is 9.78 Å². The van der Waals surface area contributed by atoms with Gasteiger partial charge < -0.3 is 9.64 Å². The van der Waals surface area contributed by atoms with Crippen molar-refractivity contribution in [1.29, 1.82) is 0 Å². The van der Waals surface area contributed by atoms with Crippen molar-refractivity contribution in [3.63, 3.8) is 0 Å². The largest absolute Gasteiger partial charge is 0.378 e. The lowest BCUT2D eigenvalue weighted by molar-refractivity contribution is 0.122. The molecule has 9 heteroatoms. The van der Waals surface area contributed by atoms with E-state index in [1.54, 1.807) is 6.07 Å². The quantitative estimate of drug-likeness (QED) is 0.777. The Labute approximate surface area is 175 Å². The highest BCUT2D eigenvalue weighted by atomic mass is 32.2. The van der Waals surface area contributed by atoms with Gasteiger partial charge in [0.25, 0.3) is 5.56 Å². The van der Waals surface area contributed by atoms with Crippen LogP contribution in [-0.4, -0.2) is 62.1 Å². The predicted molar refractivity (Wildman–Crippen MR) is 113 cm³/mol. The lowest BCUT2D eigenvalue weighted by atomic mass is 10.1. The van der Waals surface area contributed by atoms with Gasteiger partial charge >= 0.3 is 0 Å². The first-order valence-corrected chi connectivity index (χ1v) is 12.0. The minimum atomic E-state index is -3.60. The van der Waals surface area contributed by atoms with E-state index in [0.717, 1.165) is 24.8 Å². The molecule has 0 bridgehead atoms. The fourth-order valence-electron chi connectivity index (χ4n) is 4.60. The Bertz CT molecular complexity index is 1120. The van der Waals surface area contributed by atoms with E-state index in [1.807, 2.05) is 17.0 Å². The molecule has 1 N–H and O–H groups in total. The van der Waals surface area contributed by atoms with Gasteiger partial charge in [0.2, 0.25) is 16.0 Å². The maximum atomic E-state index is 13.3. The first-order valence-electron chi connectivity index (χ1n) is 10.6. The average Bonchev–Trinajstić information content (AvgIpc) is 3.11. The zero-order valence-corrected chi connectivity index (χ0v) is 17.7. The number of fused-ring (bicyclic) bond motifs is 2. The van der Waals surface area contributed by atoms with Crippen LogP contribution in [0.4, 0.5) is 5.95 Å². The van der Waals surface area contributed by atoms with Crippen LogP contribution < -0.4 is 10.5 Å². The SMILES string of the molecule is O=c1[nH]c(N2CCOCC2)nc2c1CCN(S(=O)(=O)c1ccc3c(c1)CCC3)CC2. The van der Waals surface area contributed by atoms with E-state index in [4.69, 9.17) is 4.74 Å². The van der Waals surface area contributed by atoms with Crippen LogP contribution in [0.15, 0.2) is 27.9 Å². The zero-order chi connectivity index (χ0) is 20.7. The summed E-state index contributed by atoms with van der Waals surface area (Å²) in [6.07, 6.45) is 3.84. The minimum absolute atomic E-state index is 0.168. The molecule has 1 saturated heterocycles. The van der Waals surface area contributed by atoms with Crippen LogP contribution >= 0.6 is 0 Å². The minimum Gasteiger partial charge on any atom is -0.378 e. The highest BCUT2D eigenvalue weighted by molar-refractivity contribution is 7.89. The van der Waals surface area contributed by atoms with Crippen molar-refractivity contribution in [3.8, 4) is 0 Å². The second kappa shape index (κ2) is 7.79. The molecule has 8 nitrogen and oxygen atoms in total. The predicted octanol–water partition coefficient (Wildman–Crippen LogP) is 0.885. The maximum Gasteiger partial charge on any atom is 0.255 e. The molecule has 1 aliphatic carbocycles. The number of rotatable bonds is 3. The summed E-state index contributed by atoms with van der Waals surface area (Å²) in [6.45, 7) is 3.18. The van der Waals surface area contributed by atoms with Crippen LogP contribution in [-0.2, 0) is 40.4 Å². The number of H-pyrrole nitrogens is 1. The molecule has 0 unspecified atom stereocenters. The van der Waals surface area contributed by atoms with Gasteiger partial charge in [0, 0.05) is 38.2 Å². The normalized spacial score (nSPS) is 19.9. The number of hydrogen-bond donors (Lipinski definition) is 1. The number of hydrogen-bond acceptors (Lipinski definition) is 6. The first-order chi connectivity index (χ1) is 14.5. The number of benzene rings is 1. The number of aromatic amines is 1. The third kappa shape index (κ3) is 3.55. The summed E-state index contributed by atoms with van der Waals surface area (Å²) in [6, 6.07) is 5.50. The number of anilines is 1. The standard InChI is InChI=1S/C21H26N4O4S/c26-20-18-6-8-25(30(27,28)17-5-4-15-2-1-3-16(15)14-17)9-7-19(18)22-21(23-20)24-10-12-29-13-11-24/h4-5,14H,1-3,6-13H2,(H,22,23,26). The molecular weight excluding hydrogens is 404 g/mol. The lowest BCUT2D eigenvalue weighted by Crippen LogP contribution is -2.38. The Morgan fingerprint density at radius 1 is 0.967 bits per heavy atom. The van der Waals surface area contributed by atoms with E-state index in [1.165, 1.54) is 9.87 Å². The molecule has 30 heavy (non-hydrogen) atoms. The van der Waals surface area contributed by atoms with Gasteiger partial charge in [-0.2, -0.15) is 4.31 Å². The average molecular weight is 431 g/mol. The zero-order valence-electron chi connectivity index (χ0n) is 16.9. The van der Waals surface area contributed by atoms with Crippen molar-refractivity contribution in [2.45, 2.75) is 37.0 Å². The molecule has 1 fully saturated rings. The van der Waals surface area contributed by atoms with Crippen molar-refractivity contribution in [3.05, 3.63) is 50.9 Å². The highest BCUT2D eigenvalue weighted by Crippen LogP contribution is 2.27. The third-order valence-electron chi connectivity index (χ3n) is 6.32. The fourth-order valence-corrected chi connectivity index (χ4v) is 6.09. The van der Waals surface area contributed by atoms with Crippen LogP contribution in [0, 0.1) is 0 Å². The molecule has 2 aromatic rings. The summed E-state index contributed by atoms with van der Waals surface area (Å²) in [5.74, 6) is 0.553. The second-order valence-corrected chi connectivity index (χ2v) is 10.0. The van der Waals surface area contributed by atoms with E-state index in [-0.39, 0.29) is 12.1 Å². The van der Waals surface area contributed by atoms with Gasteiger partial charge in [0.1, 0.15) is 0 Å². The van der Waals surface area contributed by atoms with Crippen LogP contribution in [0.2, 0.25) is 0 Å². The lowest BCUT2D eigenvalue weighted by Gasteiger charge is -2.27. The Morgan fingerprint density at radius 3 is 2.57 bits per heavy atom. The summed E-state index contributed by atoms with van der Waals surface area (Å²) in [5, 5.41) is 0. The van der Waals surface area contributed by atoms with Crippen LogP contribution in [0.5, 0.6) is 0 Å². The number of nitrogens with zero attached hydrogens (tertiary/aromatic N) is 3. The van der Waals surface area contributed by atoms with Crippen LogP contribution in [0.3, 0.4) is 0 Å². The summed E-state index contributed by atoms with van der Waals surface area (Å²) in [5.41, 5.74) is 3.52. The fraction of sp³-hybridized carbons (Fsp3) is 0.524. The number of aromatic nitrogens is 2. The van der Waals surface area contributed by atoms with Crippen LogP contribution in [0.1, 0.15) is 28.8 Å². The number of aryl methyl sites for hydroxylation is 2. The van der Waals surface area contributed by atoms with E-state index < -0.39 is 10.0 Å². The molecule has 0 saturated carbocycles. The number of ether oxygens (including phenoxy) is 1. The molecule has 160 valence electrons. The molecule has 0 spiro atoms. The second-order valence-electron chi connectivity index (χ2n) is 8.10. The van der Waals surface area contributed by atoms with Crippen molar-refractivity contribution >= 4 is 16.0 Å². The smallest absolute Gasteiger partial charge is 0.255 e. The summed E-state index contributed by atoms with van der Waals surface area (Å²) in [4.78, 5) is 22.6. The molecule has 0 atom stereocenters. The number of nitrogens with one attached hydrogen (secondary N) is 1. The third-order valence-corrected chi connectivity index (χ3v) is 8.21. The Kier molecular flexibility index (Phi) is 5.12. The molecule has 0 amide bonds. The van der Waals surface area contributed by atoms with Gasteiger partial charge in [-0.05, 0) is 48.9 Å². The highest BCUT2D eigenvalue weighted by Gasteiger charge is 2.29. The first kappa shape index (κ1) is 19.7. The van der Waals surface area contributed by atoms with E-state index in [2.05, 4.69) is 9.97 Å². The number of morpholine rings is 1. The van der Waals surface area contributed by atoms with Gasteiger partial charge in [0.05, 0.1) is 23.8 Å². The molecule has 3 heterocycles. The molecule has 1 aromatic heterocycles. The molecule has 0 radical (unpaired) electrons. The van der Waals surface area contributed by atoms with Crippen molar-refractivity contribution in [2.24, 2.45) is 0 Å². The monoisotopic (exact) mass is 430 g/mol. The van der Waals surface area contributed by atoms with E-state index in [9.17, 15) is 13.2 Å². The van der Waals surface area contributed by atoms with Gasteiger partial charge in [-0.1, -0.05) is 6.07 Å². The Balaban J connectivity index is 1.40. The van der Waals surface area contributed by atoms with Gasteiger partial charge in [0.15, 0.2) is 0 Å². The molecule has 3 aliphatic rings.